The van der Waals surface area contributed by atoms with Crippen LogP contribution in [0.15, 0.2) is 30.6 Å². The summed E-state index contributed by atoms with van der Waals surface area (Å²) in [6.45, 7) is 9.09. The van der Waals surface area contributed by atoms with Crippen LogP contribution in [0.5, 0.6) is 0 Å². The lowest BCUT2D eigenvalue weighted by Gasteiger charge is -2.49. The molecule has 2 N–H and O–H groups in total. The molecule has 0 saturated carbocycles. The van der Waals surface area contributed by atoms with E-state index < -0.39 is 0 Å². The highest BCUT2D eigenvalue weighted by atomic mass is 15.2. The van der Waals surface area contributed by atoms with Gasteiger partial charge in [-0.3, -0.25) is 4.90 Å². The van der Waals surface area contributed by atoms with Crippen LogP contribution < -0.4 is 5.32 Å². The van der Waals surface area contributed by atoms with Crippen molar-refractivity contribution < 1.29 is 0 Å². The van der Waals surface area contributed by atoms with Crippen molar-refractivity contribution in [1.29, 1.82) is 0 Å². The van der Waals surface area contributed by atoms with Gasteiger partial charge in [0.1, 0.15) is 0 Å². The van der Waals surface area contributed by atoms with E-state index in [0.29, 0.717) is 12.1 Å². The molecule has 1 aromatic carbocycles. The summed E-state index contributed by atoms with van der Waals surface area (Å²) in [4.78, 5) is 15.3. The third-order valence-electron chi connectivity index (χ3n) is 6.77. The molecule has 140 valence electrons. The number of aryl methyl sites for hydroxylation is 2. The van der Waals surface area contributed by atoms with Crippen molar-refractivity contribution in [3.05, 3.63) is 41.9 Å². The standard InChI is InChI=1S/C22H27N5/c1-13-14(2)25-20-5-4-17(10-19(13)20)18-11-23-22(24-12-18)26-21-15(3)27-8-6-16(21)7-9-27/h4-5,10-12,15-16,21,25H,6-9H2,1-3H3,(H,23,24,26)/t15-,21-/m1/s1. The van der Waals surface area contributed by atoms with Crippen molar-refractivity contribution in [1.82, 2.24) is 19.9 Å². The first kappa shape index (κ1) is 16.8. The van der Waals surface area contributed by atoms with E-state index in [4.69, 9.17) is 0 Å². The van der Waals surface area contributed by atoms with Gasteiger partial charge in [0, 0.05) is 46.6 Å². The van der Waals surface area contributed by atoms with E-state index in [0.717, 1.165) is 23.0 Å². The molecule has 0 spiro atoms. The van der Waals surface area contributed by atoms with Gasteiger partial charge in [0.2, 0.25) is 5.95 Å². The first-order valence-electron chi connectivity index (χ1n) is 10.0. The van der Waals surface area contributed by atoms with Gasteiger partial charge in [-0.2, -0.15) is 0 Å². The van der Waals surface area contributed by atoms with Crippen LogP contribution in [0.25, 0.3) is 22.0 Å². The average Bonchev–Trinajstić information content (AvgIpc) is 2.99. The van der Waals surface area contributed by atoms with Crippen molar-refractivity contribution in [2.75, 3.05) is 18.4 Å². The van der Waals surface area contributed by atoms with Crippen LogP contribution in [0.2, 0.25) is 0 Å². The number of aromatic amines is 1. The van der Waals surface area contributed by atoms with Crippen molar-refractivity contribution in [3.8, 4) is 11.1 Å². The van der Waals surface area contributed by atoms with E-state index in [1.165, 1.54) is 48.1 Å². The van der Waals surface area contributed by atoms with E-state index in [1.54, 1.807) is 0 Å². The monoisotopic (exact) mass is 361 g/mol. The van der Waals surface area contributed by atoms with Crippen molar-refractivity contribution in [2.45, 2.75) is 45.7 Å². The number of hydrogen-bond donors (Lipinski definition) is 2. The number of rotatable bonds is 3. The van der Waals surface area contributed by atoms with E-state index >= 15 is 0 Å². The Balaban J connectivity index is 1.38. The van der Waals surface area contributed by atoms with Crippen molar-refractivity contribution >= 4 is 16.9 Å². The zero-order valence-electron chi connectivity index (χ0n) is 16.3. The summed E-state index contributed by atoms with van der Waals surface area (Å²) < 4.78 is 0. The smallest absolute Gasteiger partial charge is 0.222 e. The molecule has 0 amide bonds. The molecule has 3 fully saturated rings. The lowest BCUT2D eigenvalue weighted by atomic mass is 9.79. The lowest BCUT2D eigenvalue weighted by Crippen LogP contribution is -2.59. The van der Waals surface area contributed by atoms with Crippen molar-refractivity contribution in [3.63, 3.8) is 0 Å². The van der Waals surface area contributed by atoms with Crippen LogP contribution in [-0.2, 0) is 0 Å². The third-order valence-corrected chi connectivity index (χ3v) is 6.77. The summed E-state index contributed by atoms with van der Waals surface area (Å²) in [6.07, 6.45) is 6.46. The van der Waals surface area contributed by atoms with E-state index in [1.807, 2.05) is 12.4 Å². The quantitative estimate of drug-likeness (QED) is 0.736. The van der Waals surface area contributed by atoms with Crippen LogP contribution in [0.4, 0.5) is 5.95 Å². The summed E-state index contributed by atoms with van der Waals surface area (Å²) in [5, 5.41) is 4.89. The highest BCUT2D eigenvalue weighted by Gasteiger charge is 2.39. The molecule has 3 saturated heterocycles. The third kappa shape index (κ3) is 2.81. The number of hydrogen-bond acceptors (Lipinski definition) is 4. The van der Waals surface area contributed by atoms with E-state index in [2.05, 4.69) is 64.1 Å². The first-order valence-corrected chi connectivity index (χ1v) is 10.0. The summed E-state index contributed by atoms with van der Waals surface area (Å²) in [5.74, 6) is 1.49. The van der Waals surface area contributed by atoms with Gasteiger partial charge in [0.05, 0.1) is 0 Å². The van der Waals surface area contributed by atoms with Gasteiger partial charge in [0.25, 0.3) is 0 Å². The average molecular weight is 361 g/mol. The Labute approximate surface area is 160 Å². The number of fused-ring (bicyclic) bond motifs is 4. The Morgan fingerprint density at radius 3 is 2.52 bits per heavy atom. The molecular weight excluding hydrogens is 334 g/mol. The molecule has 5 heteroatoms. The molecule has 3 aliphatic rings. The molecule has 2 aromatic heterocycles. The Morgan fingerprint density at radius 2 is 1.81 bits per heavy atom. The minimum absolute atomic E-state index is 0.459. The predicted octanol–water partition coefficient (Wildman–Crippen LogP) is 4.14. The highest BCUT2D eigenvalue weighted by molar-refractivity contribution is 5.88. The van der Waals surface area contributed by atoms with Gasteiger partial charge in [0.15, 0.2) is 0 Å². The number of nitrogens with zero attached hydrogens (tertiary/aromatic N) is 3. The molecule has 5 heterocycles. The summed E-state index contributed by atoms with van der Waals surface area (Å²) in [5.41, 5.74) is 5.94. The number of anilines is 1. The second kappa shape index (κ2) is 6.34. The molecule has 2 atom stereocenters. The highest BCUT2D eigenvalue weighted by Crippen LogP contribution is 2.34. The fraction of sp³-hybridized carbons (Fsp3) is 0.455. The fourth-order valence-electron chi connectivity index (χ4n) is 4.89. The molecule has 3 aromatic rings. The topological polar surface area (TPSA) is 56.8 Å². The van der Waals surface area contributed by atoms with Crippen LogP contribution in [0, 0.1) is 19.8 Å². The SMILES string of the molecule is Cc1[nH]c2ccc(-c3cnc(N[C@H]4C5CCN(CC5)[C@@H]4C)nc3)cc2c1C. The molecule has 0 radical (unpaired) electrons. The number of H-pyrrole nitrogens is 1. The zero-order chi connectivity index (χ0) is 18.5. The number of aromatic nitrogens is 3. The predicted molar refractivity (Wildman–Crippen MR) is 110 cm³/mol. The molecular formula is C22H27N5. The van der Waals surface area contributed by atoms with Gasteiger partial charge in [-0.15, -0.1) is 0 Å². The maximum Gasteiger partial charge on any atom is 0.222 e. The largest absolute Gasteiger partial charge is 0.358 e. The van der Waals surface area contributed by atoms with Gasteiger partial charge >= 0.3 is 0 Å². The minimum Gasteiger partial charge on any atom is -0.358 e. The van der Waals surface area contributed by atoms with Crippen LogP contribution in [0.1, 0.15) is 31.0 Å². The fourth-order valence-corrected chi connectivity index (χ4v) is 4.89. The molecule has 3 aliphatic heterocycles. The number of benzene rings is 1. The number of nitrogens with one attached hydrogen (secondary N) is 2. The van der Waals surface area contributed by atoms with Crippen LogP contribution >= 0.6 is 0 Å². The Kier molecular flexibility index (Phi) is 3.93. The van der Waals surface area contributed by atoms with Gasteiger partial charge in [-0.05, 0) is 75.9 Å². The van der Waals surface area contributed by atoms with Gasteiger partial charge in [-0.1, -0.05) is 6.07 Å². The maximum absolute atomic E-state index is 4.63. The molecule has 0 aliphatic carbocycles. The Bertz CT molecular complexity index is 964. The van der Waals surface area contributed by atoms with E-state index in [9.17, 15) is 0 Å². The molecule has 0 unspecified atom stereocenters. The van der Waals surface area contributed by atoms with Crippen LogP contribution in [0.3, 0.4) is 0 Å². The second-order valence-electron chi connectivity index (χ2n) is 8.21. The van der Waals surface area contributed by atoms with Gasteiger partial charge in [-0.25, -0.2) is 9.97 Å². The van der Waals surface area contributed by atoms with E-state index in [-0.39, 0.29) is 0 Å². The molecule has 6 rings (SSSR count). The summed E-state index contributed by atoms with van der Waals surface area (Å²) in [7, 11) is 0. The zero-order valence-corrected chi connectivity index (χ0v) is 16.3. The van der Waals surface area contributed by atoms with Crippen molar-refractivity contribution in [2.24, 2.45) is 5.92 Å². The molecule has 5 nitrogen and oxygen atoms in total. The summed E-state index contributed by atoms with van der Waals surface area (Å²) in [6, 6.07) is 7.53. The Hall–Kier alpha value is -2.40. The summed E-state index contributed by atoms with van der Waals surface area (Å²) >= 11 is 0. The number of piperidine rings is 3. The van der Waals surface area contributed by atoms with Gasteiger partial charge < -0.3 is 10.3 Å². The Morgan fingerprint density at radius 1 is 1.07 bits per heavy atom. The minimum atomic E-state index is 0.459. The molecule has 27 heavy (non-hydrogen) atoms. The second-order valence-corrected chi connectivity index (χ2v) is 8.21. The lowest BCUT2D eigenvalue weighted by molar-refractivity contribution is 0.0455. The first-order chi connectivity index (χ1) is 13.1. The molecule has 2 bridgehead atoms. The van der Waals surface area contributed by atoms with Crippen LogP contribution in [-0.4, -0.2) is 45.0 Å². The normalized spacial score (nSPS) is 27.2. The maximum atomic E-state index is 4.63.